The number of benzene rings is 1. The van der Waals surface area contributed by atoms with Gasteiger partial charge in [-0.15, -0.1) is 0 Å². The van der Waals surface area contributed by atoms with E-state index in [9.17, 15) is 14.4 Å². The Bertz CT molecular complexity index is 334. The minimum absolute atomic E-state index is 0. The summed E-state index contributed by atoms with van der Waals surface area (Å²) in [6.07, 6.45) is 0. The zero-order valence-corrected chi connectivity index (χ0v) is 15.4. The van der Waals surface area contributed by atoms with Gasteiger partial charge in [-0.1, -0.05) is 36.9 Å². The van der Waals surface area contributed by atoms with Gasteiger partial charge in [-0.25, -0.2) is 0 Å². The van der Waals surface area contributed by atoms with E-state index in [1.54, 1.807) is 18.2 Å². The minimum Gasteiger partial charge on any atom is -0.807 e. The van der Waals surface area contributed by atoms with E-state index >= 15 is 0 Å². The molecule has 0 saturated carbocycles. The predicted molar refractivity (Wildman–Crippen MR) is 43.1 cm³/mol. The zero-order valence-electron chi connectivity index (χ0n) is 8.27. The van der Waals surface area contributed by atoms with Crippen molar-refractivity contribution >= 4 is 12.9 Å². The van der Waals surface area contributed by atoms with Crippen LogP contribution in [0.25, 0.3) is 5.31 Å². The molecule has 6 heteroatoms. The van der Waals surface area contributed by atoms with Gasteiger partial charge in [0.15, 0.2) is 0 Å². The van der Waals surface area contributed by atoms with Crippen molar-refractivity contribution in [1.29, 1.82) is 0 Å². The second-order valence-corrected chi connectivity index (χ2v) is 3.84. The molecule has 0 bridgehead atoms. The molecular formula is C8H7K2O3P. The summed E-state index contributed by atoms with van der Waals surface area (Å²) in [6.45, 7) is 3.21. The first-order valence-electron chi connectivity index (χ1n) is 3.29. The third kappa shape index (κ3) is 6.20. The van der Waals surface area contributed by atoms with Gasteiger partial charge in [0.05, 0.1) is 0 Å². The van der Waals surface area contributed by atoms with Crippen LogP contribution in [0.5, 0.6) is 0 Å². The van der Waals surface area contributed by atoms with Gasteiger partial charge < -0.3 is 14.4 Å². The summed E-state index contributed by atoms with van der Waals surface area (Å²) in [5.74, 6) is 0. The summed E-state index contributed by atoms with van der Waals surface area (Å²) in [7, 11) is -4.67. The molecule has 0 aliphatic carbocycles. The topological polar surface area (TPSA) is 63.2 Å². The summed E-state index contributed by atoms with van der Waals surface area (Å²) >= 11 is 0. The van der Waals surface area contributed by atoms with E-state index in [0.717, 1.165) is 0 Å². The number of hydrogen-bond donors (Lipinski definition) is 0. The first-order chi connectivity index (χ1) is 5.52. The molecule has 0 fully saturated rings. The van der Waals surface area contributed by atoms with Crippen LogP contribution in [0.15, 0.2) is 36.9 Å². The molecule has 0 N–H and O–H groups in total. The maximum absolute atomic E-state index is 10.5. The summed E-state index contributed by atoms with van der Waals surface area (Å²) < 4.78 is 10.5. The average Bonchev–Trinajstić information content (AvgIpc) is 2.03. The first-order valence-corrected chi connectivity index (χ1v) is 4.83. The Morgan fingerprint density at radius 2 is 1.57 bits per heavy atom. The molecule has 0 spiro atoms. The van der Waals surface area contributed by atoms with E-state index in [1.807, 2.05) is 0 Å². The Balaban J connectivity index is 0. The van der Waals surface area contributed by atoms with Crippen LogP contribution in [0.3, 0.4) is 0 Å². The molecule has 0 amide bonds. The van der Waals surface area contributed by atoms with Crippen molar-refractivity contribution in [2.75, 3.05) is 0 Å². The largest absolute Gasteiger partial charge is 1.00 e. The summed E-state index contributed by atoms with van der Waals surface area (Å²) in [4.78, 5) is 21.0. The first kappa shape index (κ1) is 18.7. The number of rotatable bonds is 2. The minimum atomic E-state index is -4.67. The van der Waals surface area contributed by atoms with Crippen LogP contribution in [0.2, 0.25) is 0 Å². The molecule has 1 rings (SSSR count). The molecule has 0 unspecified atom stereocenters. The monoisotopic (exact) mass is 260 g/mol. The fourth-order valence-electron chi connectivity index (χ4n) is 0.789. The molecule has 1 aromatic rings. The van der Waals surface area contributed by atoms with E-state index < -0.39 is 7.60 Å². The van der Waals surface area contributed by atoms with Gasteiger partial charge in [-0.3, -0.25) is 0 Å². The molecule has 0 aliphatic rings. The van der Waals surface area contributed by atoms with Gasteiger partial charge in [-0.05, 0) is 18.5 Å². The molecule has 0 saturated heterocycles. The van der Waals surface area contributed by atoms with E-state index in [1.165, 1.54) is 12.1 Å². The summed E-state index contributed by atoms with van der Waals surface area (Å²) in [6, 6.07) is 8.10. The Morgan fingerprint density at radius 1 is 1.14 bits per heavy atom. The van der Waals surface area contributed by atoms with E-state index in [-0.39, 0.29) is 108 Å². The van der Waals surface area contributed by atoms with E-state index in [2.05, 4.69) is 6.58 Å². The van der Waals surface area contributed by atoms with Crippen molar-refractivity contribution in [3.63, 3.8) is 0 Å². The molecule has 0 radical (unpaired) electrons. The van der Waals surface area contributed by atoms with Gasteiger partial charge in [0, 0.05) is 0 Å². The van der Waals surface area contributed by atoms with Crippen molar-refractivity contribution in [3.8, 4) is 0 Å². The summed E-state index contributed by atoms with van der Waals surface area (Å²) in [5.41, 5.74) is 0.353. The SMILES string of the molecule is C=C(c1ccccc1)P(=O)([O-])[O-].[K+].[K+]. The van der Waals surface area contributed by atoms with Gasteiger partial charge in [0.2, 0.25) is 0 Å². The third-order valence-corrected chi connectivity index (χ3v) is 2.36. The molecule has 3 nitrogen and oxygen atoms in total. The molecule has 0 aromatic heterocycles. The zero-order chi connectivity index (χ0) is 9.19. The predicted octanol–water partition coefficient (Wildman–Crippen LogP) is -5.42. The number of hydrogen-bond acceptors (Lipinski definition) is 3. The molecule has 0 aliphatic heterocycles. The second kappa shape index (κ2) is 8.47. The fourth-order valence-corrected chi connectivity index (χ4v) is 1.25. The Labute approximate surface area is 168 Å². The molecule has 0 heterocycles. The van der Waals surface area contributed by atoms with Crippen LogP contribution in [0, 0.1) is 0 Å². The molecule has 0 atom stereocenters. The molecule has 14 heavy (non-hydrogen) atoms. The third-order valence-electron chi connectivity index (χ3n) is 1.44. The maximum atomic E-state index is 10.5. The second-order valence-electron chi connectivity index (χ2n) is 2.31. The van der Waals surface area contributed by atoms with Gasteiger partial charge in [0.1, 0.15) is 0 Å². The smallest absolute Gasteiger partial charge is 0.807 e. The quantitative estimate of drug-likeness (QED) is 0.394. The van der Waals surface area contributed by atoms with Crippen LogP contribution in [0.1, 0.15) is 5.56 Å². The van der Waals surface area contributed by atoms with Crippen molar-refractivity contribution in [3.05, 3.63) is 42.5 Å². The van der Waals surface area contributed by atoms with Crippen molar-refractivity contribution < 1.29 is 117 Å². The summed E-state index contributed by atoms with van der Waals surface area (Å²) in [5, 5.41) is -0.358. The van der Waals surface area contributed by atoms with Crippen molar-refractivity contribution in [2.24, 2.45) is 0 Å². The van der Waals surface area contributed by atoms with Crippen molar-refractivity contribution in [2.45, 2.75) is 0 Å². The van der Waals surface area contributed by atoms with Crippen LogP contribution >= 0.6 is 7.60 Å². The van der Waals surface area contributed by atoms with Gasteiger partial charge in [-0.2, -0.15) is 0 Å². The van der Waals surface area contributed by atoms with Crippen LogP contribution in [-0.2, 0) is 4.57 Å². The fraction of sp³-hybridized carbons (Fsp3) is 0. The Kier molecular flexibility index (Phi) is 11.3. The van der Waals surface area contributed by atoms with E-state index in [0.29, 0.717) is 5.56 Å². The normalized spacial score (nSPS) is 9.57. The Hall–Kier alpha value is 2.38. The standard InChI is InChI=1S/C8H9O3P.2K/c1-7(12(9,10)11)8-5-3-2-4-6-8;;/h2-6H,1H2,(H2,9,10,11);;/q;2*+1/p-2. The van der Waals surface area contributed by atoms with Gasteiger partial charge in [0.25, 0.3) is 0 Å². The molecule has 1 aromatic carbocycles. The van der Waals surface area contributed by atoms with Gasteiger partial charge >= 0.3 is 103 Å². The average molecular weight is 260 g/mol. The molecular weight excluding hydrogens is 253 g/mol. The molecule has 64 valence electrons. The Morgan fingerprint density at radius 3 is 1.93 bits per heavy atom. The van der Waals surface area contributed by atoms with Crippen LogP contribution in [0.4, 0.5) is 0 Å². The maximum Gasteiger partial charge on any atom is 1.00 e. The van der Waals surface area contributed by atoms with E-state index in [4.69, 9.17) is 0 Å². The van der Waals surface area contributed by atoms with Crippen molar-refractivity contribution in [1.82, 2.24) is 0 Å². The van der Waals surface area contributed by atoms with Crippen LogP contribution in [-0.4, -0.2) is 0 Å². The van der Waals surface area contributed by atoms with Crippen LogP contribution < -0.4 is 113 Å².